The smallest absolute Gasteiger partial charge is 0.271 e. The van der Waals surface area contributed by atoms with Crippen molar-refractivity contribution in [2.45, 2.75) is 6.54 Å². The van der Waals surface area contributed by atoms with Crippen molar-refractivity contribution < 1.29 is 18.8 Å². The van der Waals surface area contributed by atoms with Gasteiger partial charge in [0, 0.05) is 11.8 Å². The summed E-state index contributed by atoms with van der Waals surface area (Å²) in [5.41, 5.74) is 0.374. The van der Waals surface area contributed by atoms with Gasteiger partial charge in [0.1, 0.15) is 5.69 Å². The Balaban J connectivity index is 1.44. The summed E-state index contributed by atoms with van der Waals surface area (Å²) < 4.78 is 15.7. The molecule has 0 fully saturated rings. The summed E-state index contributed by atoms with van der Waals surface area (Å²) in [5.74, 6) is 1.39. The standard InChI is InChI=1S/C15H11N5O5/c21-13-6-16-9(4-17-13)14(22)18-5-12-19-15(25-20-12)8-1-2-10-11(3-8)24-7-23-10/h1-4,6H,5,7H2,(H,17,21)(H,18,22). The fourth-order valence-corrected chi connectivity index (χ4v) is 2.19. The first-order valence-corrected chi connectivity index (χ1v) is 7.24. The minimum Gasteiger partial charge on any atom is -0.454 e. The Morgan fingerprint density at radius 3 is 3.00 bits per heavy atom. The highest BCUT2D eigenvalue weighted by Crippen LogP contribution is 2.35. The van der Waals surface area contributed by atoms with E-state index >= 15 is 0 Å². The summed E-state index contributed by atoms with van der Waals surface area (Å²) >= 11 is 0. The SMILES string of the molecule is O=C(NCc1noc(-c2ccc3c(c2)OCO3)n1)c1c[nH]c(=O)cn1. The van der Waals surface area contributed by atoms with E-state index in [9.17, 15) is 9.59 Å². The van der Waals surface area contributed by atoms with Gasteiger partial charge >= 0.3 is 0 Å². The van der Waals surface area contributed by atoms with E-state index in [1.165, 1.54) is 6.20 Å². The molecule has 0 radical (unpaired) electrons. The van der Waals surface area contributed by atoms with Gasteiger partial charge in [0.2, 0.25) is 6.79 Å². The number of amides is 1. The lowest BCUT2D eigenvalue weighted by Crippen LogP contribution is -2.25. The third-order valence-corrected chi connectivity index (χ3v) is 3.40. The van der Waals surface area contributed by atoms with E-state index in [2.05, 4.69) is 25.4 Å². The Bertz CT molecular complexity index is 975. The molecule has 126 valence electrons. The maximum absolute atomic E-state index is 11.9. The molecule has 0 bridgehead atoms. The zero-order valence-electron chi connectivity index (χ0n) is 12.7. The van der Waals surface area contributed by atoms with Gasteiger partial charge in [-0.3, -0.25) is 9.59 Å². The number of hydrogen-bond acceptors (Lipinski definition) is 8. The van der Waals surface area contributed by atoms with E-state index in [1.54, 1.807) is 18.2 Å². The maximum atomic E-state index is 11.9. The van der Waals surface area contributed by atoms with Crippen molar-refractivity contribution in [2.24, 2.45) is 0 Å². The highest BCUT2D eigenvalue weighted by molar-refractivity contribution is 5.91. The van der Waals surface area contributed by atoms with Crippen LogP contribution in [0, 0.1) is 0 Å². The predicted molar refractivity (Wildman–Crippen MR) is 81.9 cm³/mol. The van der Waals surface area contributed by atoms with Crippen molar-refractivity contribution in [3.63, 3.8) is 0 Å². The van der Waals surface area contributed by atoms with E-state index in [0.717, 1.165) is 6.20 Å². The van der Waals surface area contributed by atoms with Crippen LogP contribution >= 0.6 is 0 Å². The summed E-state index contributed by atoms with van der Waals surface area (Å²) in [6.45, 7) is 0.229. The van der Waals surface area contributed by atoms with Gasteiger partial charge in [-0.05, 0) is 18.2 Å². The maximum Gasteiger partial charge on any atom is 0.271 e. The molecule has 1 aromatic carbocycles. The number of carbonyl (C=O) groups is 1. The molecule has 0 spiro atoms. The number of aromatic amines is 1. The van der Waals surface area contributed by atoms with Crippen LogP contribution in [-0.4, -0.2) is 32.8 Å². The number of rotatable bonds is 4. The molecule has 4 rings (SSSR count). The van der Waals surface area contributed by atoms with Crippen LogP contribution in [0.4, 0.5) is 0 Å². The third-order valence-electron chi connectivity index (χ3n) is 3.40. The van der Waals surface area contributed by atoms with Crippen LogP contribution in [0.1, 0.15) is 16.3 Å². The number of ether oxygens (including phenoxy) is 2. The summed E-state index contributed by atoms with van der Waals surface area (Å²) in [6.07, 6.45) is 2.26. The first-order valence-electron chi connectivity index (χ1n) is 7.24. The van der Waals surface area contributed by atoms with Gasteiger partial charge in [-0.15, -0.1) is 0 Å². The van der Waals surface area contributed by atoms with E-state index in [1.807, 2.05) is 0 Å². The van der Waals surface area contributed by atoms with Crippen molar-refractivity contribution in [1.29, 1.82) is 0 Å². The fraction of sp³-hybridized carbons (Fsp3) is 0.133. The van der Waals surface area contributed by atoms with Gasteiger partial charge in [0.25, 0.3) is 17.4 Å². The number of aromatic nitrogens is 4. The molecule has 0 atom stereocenters. The van der Waals surface area contributed by atoms with Crippen molar-refractivity contribution in [2.75, 3.05) is 6.79 Å². The largest absolute Gasteiger partial charge is 0.454 e. The lowest BCUT2D eigenvalue weighted by Gasteiger charge is -2.00. The second-order valence-electron chi connectivity index (χ2n) is 5.06. The molecular weight excluding hydrogens is 330 g/mol. The third kappa shape index (κ3) is 3.04. The molecule has 1 aliphatic heterocycles. The van der Waals surface area contributed by atoms with E-state index in [-0.39, 0.29) is 24.6 Å². The number of fused-ring (bicyclic) bond motifs is 1. The molecule has 1 aliphatic rings. The first-order chi connectivity index (χ1) is 12.2. The summed E-state index contributed by atoms with van der Waals surface area (Å²) in [6, 6.07) is 5.27. The van der Waals surface area contributed by atoms with E-state index < -0.39 is 5.91 Å². The van der Waals surface area contributed by atoms with Gasteiger partial charge < -0.3 is 24.3 Å². The molecule has 1 amide bonds. The summed E-state index contributed by atoms with van der Waals surface area (Å²) in [4.78, 5) is 33.2. The molecule has 0 saturated heterocycles. The summed E-state index contributed by atoms with van der Waals surface area (Å²) in [7, 11) is 0. The number of nitrogens with one attached hydrogen (secondary N) is 2. The number of carbonyl (C=O) groups excluding carboxylic acids is 1. The zero-order valence-corrected chi connectivity index (χ0v) is 12.7. The Kier molecular flexibility index (Phi) is 3.61. The summed E-state index contributed by atoms with van der Waals surface area (Å²) in [5, 5.41) is 6.40. The molecule has 0 saturated carbocycles. The van der Waals surface area contributed by atoms with Gasteiger partial charge in [-0.25, -0.2) is 4.98 Å². The Hall–Kier alpha value is -3.69. The molecule has 0 unspecified atom stereocenters. The second kappa shape index (κ2) is 6.07. The topological polar surface area (TPSA) is 132 Å². The van der Waals surface area contributed by atoms with E-state index in [4.69, 9.17) is 14.0 Å². The number of benzene rings is 1. The molecule has 25 heavy (non-hydrogen) atoms. The van der Waals surface area contributed by atoms with Crippen LogP contribution in [-0.2, 0) is 6.54 Å². The number of nitrogens with zero attached hydrogens (tertiary/aromatic N) is 3. The lowest BCUT2D eigenvalue weighted by molar-refractivity contribution is 0.0944. The average molecular weight is 341 g/mol. The molecule has 0 aliphatic carbocycles. The Morgan fingerprint density at radius 2 is 2.16 bits per heavy atom. The van der Waals surface area contributed by atoms with Crippen molar-refractivity contribution in [3.8, 4) is 23.0 Å². The highest BCUT2D eigenvalue weighted by atomic mass is 16.7. The zero-order chi connectivity index (χ0) is 17.2. The average Bonchev–Trinajstić information content (AvgIpc) is 3.28. The molecule has 3 aromatic rings. The molecule has 3 heterocycles. The normalized spacial score (nSPS) is 12.2. The van der Waals surface area contributed by atoms with Gasteiger partial charge in [0.15, 0.2) is 17.3 Å². The van der Waals surface area contributed by atoms with Gasteiger partial charge in [0.05, 0.1) is 12.7 Å². The molecule has 2 N–H and O–H groups in total. The monoisotopic (exact) mass is 341 g/mol. The minimum absolute atomic E-state index is 0.0493. The van der Waals surface area contributed by atoms with Crippen molar-refractivity contribution >= 4 is 5.91 Å². The van der Waals surface area contributed by atoms with Crippen LogP contribution in [0.25, 0.3) is 11.5 Å². The van der Waals surface area contributed by atoms with Crippen LogP contribution in [0.15, 0.2) is 39.9 Å². The van der Waals surface area contributed by atoms with E-state index in [0.29, 0.717) is 28.8 Å². The predicted octanol–water partition coefficient (Wildman–Crippen LogP) is 0.479. The molecule has 10 nitrogen and oxygen atoms in total. The van der Waals surface area contributed by atoms with Crippen LogP contribution < -0.4 is 20.3 Å². The van der Waals surface area contributed by atoms with Crippen molar-refractivity contribution in [3.05, 3.63) is 52.5 Å². The molecule has 2 aromatic heterocycles. The quantitative estimate of drug-likeness (QED) is 0.700. The Labute approximate surface area is 139 Å². The Morgan fingerprint density at radius 1 is 1.28 bits per heavy atom. The number of hydrogen-bond donors (Lipinski definition) is 2. The van der Waals surface area contributed by atoms with Crippen LogP contribution in [0.3, 0.4) is 0 Å². The minimum atomic E-state index is -0.467. The lowest BCUT2D eigenvalue weighted by atomic mass is 10.2. The first kappa shape index (κ1) is 14.9. The highest BCUT2D eigenvalue weighted by Gasteiger charge is 2.17. The van der Waals surface area contributed by atoms with Gasteiger partial charge in [-0.1, -0.05) is 5.16 Å². The van der Waals surface area contributed by atoms with Gasteiger partial charge in [-0.2, -0.15) is 4.98 Å². The van der Waals surface area contributed by atoms with Crippen molar-refractivity contribution in [1.82, 2.24) is 25.4 Å². The van der Waals surface area contributed by atoms with Crippen LogP contribution in [0.5, 0.6) is 11.5 Å². The number of H-pyrrole nitrogens is 1. The molecule has 10 heteroatoms. The molecular formula is C15H11N5O5. The fourth-order valence-electron chi connectivity index (χ4n) is 2.19. The second-order valence-corrected chi connectivity index (χ2v) is 5.06. The van der Waals surface area contributed by atoms with Crippen LogP contribution in [0.2, 0.25) is 0 Å².